The fourth-order valence-electron chi connectivity index (χ4n) is 4.24. The Morgan fingerprint density at radius 2 is 1.95 bits per heavy atom. The van der Waals surface area contributed by atoms with E-state index in [1.807, 2.05) is 13.8 Å². The van der Waals surface area contributed by atoms with Gasteiger partial charge < -0.3 is 9.47 Å². The van der Waals surface area contributed by atoms with Gasteiger partial charge in [0.1, 0.15) is 0 Å². The molecule has 2 rings (SSSR count). The molecule has 1 aliphatic heterocycles. The molecule has 0 N–H and O–H groups in total. The second kappa shape index (κ2) is 5.31. The van der Waals surface area contributed by atoms with Gasteiger partial charge in [0.2, 0.25) is 0 Å². The zero-order chi connectivity index (χ0) is 15.1. The molecule has 2 heteroatoms. The summed E-state index contributed by atoms with van der Waals surface area (Å²) in [6.45, 7) is 18.8. The van der Waals surface area contributed by atoms with Crippen LogP contribution in [-0.4, -0.2) is 17.5 Å². The highest BCUT2D eigenvalue weighted by Crippen LogP contribution is 2.52. The molecule has 1 saturated heterocycles. The second-order valence-electron chi connectivity index (χ2n) is 7.43. The minimum absolute atomic E-state index is 0.0905. The molecule has 1 heterocycles. The highest BCUT2D eigenvalue weighted by molar-refractivity contribution is 5.09. The van der Waals surface area contributed by atoms with Crippen molar-refractivity contribution >= 4 is 0 Å². The van der Waals surface area contributed by atoms with E-state index in [0.29, 0.717) is 17.8 Å². The van der Waals surface area contributed by atoms with E-state index in [1.165, 1.54) is 12.8 Å². The standard InChI is InChI=1S/C18H30O2/c1-8-14-13(4)9-10-15(14)18(7)16(11-12(2)3)19-17(5,6)20-18/h8,13-16H,1-2,9-11H2,3-7H3/t13?,14-,15-,16?,18?/m1/s1. The van der Waals surface area contributed by atoms with E-state index in [-0.39, 0.29) is 11.7 Å². The topological polar surface area (TPSA) is 18.5 Å². The maximum absolute atomic E-state index is 6.40. The van der Waals surface area contributed by atoms with Crippen molar-refractivity contribution in [1.82, 2.24) is 0 Å². The largest absolute Gasteiger partial charge is 0.344 e. The van der Waals surface area contributed by atoms with Crippen LogP contribution < -0.4 is 0 Å². The van der Waals surface area contributed by atoms with E-state index < -0.39 is 5.79 Å². The Bertz CT molecular complexity index is 398. The van der Waals surface area contributed by atoms with Gasteiger partial charge in [-0.15, -0.1) is 13.2 Å². The second-order valence-corrected chi connectivity index (χ2v) is 7.43. The average Bonchev–Trinajstić information content (AvgIpc) is 2.77. The van der Waals surface area contributed by atoms with Gasteiger partial charge in [0, 0.05) is 0 Å². The molecule has 0 aromatic rings. The maximum Gasteiger partial charge on any atom is 0.164 e. The van der Waals surface area contributed by atoms with Gasteiger partial charge in [0.05, 0.1) is 11.7 Å². The molecule has 0 radical (unpaired) electrons. The summed E-state index contributed by atoms with van der Waals surface area (Å²) in [6, 6.07) is 0. The molecule has 5 atom stereocenters. The SMILES string of the molecule is C=C[C@@H]1C(C)CC[C@H]1C1(C)OC(C)(C)OC1CC(=C)C. The summed E-state index contributed by atoms with van der Waals surface area (Å²) < 4.78 is 12.6. The molecule has 2 aliphatic rings. The van der Waals surface area contributed by atoms with Gasteiger partial charge in [-0.2, -0.15) is 0 Å². The number of hydrogen-bond donors (Lipinski definition) is 0. The zero-order valence-corrected chi connectivity index (χ0v) is 13.7. The highest BCUT2D eigenvalue weighted by Gasteiger charge is 2.57. The fourth-order valence-corrected chi connectivity index (χ4v) is 4.24. The molecule has 1 saturated carbocycles. The van der Waals surface area contributed by atoms with Crippen molar-refractivity contribution in [3.05, 3.63) is 24.8 Å². The Kier molecular flexibility index (Phi) is 4.19. The van der Waals surface area contributed by atoms with E-state index in [1.54, 1.807) is 0 Å². The van der Waals surface area contributed by atoms with Gasteiger partial charge in [-0.3, -0.25) is 0 Å². The van der Waals surface area contributed by atoms with Crippen LogP contribution in [0.2, 0.25) is 0 Å². The molecule has 0 aromatic heterocycles. The smallest absolute Gasteiger partial charge is 0.164 e. The molecule has 1 aliphatic carbocycles. The van der Waals surface area contributed by atoms with Crippen LogP contribution in [0.3, 0.4) is 0 Å². The average molecular weight is 278 g/mol. The number of hydrogen-bond acceptors (Lipinski definition) is 2. The Morgan fingerprint density at radius 1 is 1.30 bits per heavy atom. The van der Waals surface area contributed by atoms with Gasteiger partial charge in [-0.1, -0.05) is 18.6 Å². The quantitative estimate of drug-likeness (QED) is 0.693. The lowest BCUT2D eigenvalue weighted by Gasteiger charge is -2.38. The molecule has 0 spiro atoms. The van der Waals surface area contributed by atoms with Crippen LogP contribution in [0.5, 0.6) is 0 Å². The van der Waals surface area contributed by atoms with Crippen LogP contribution in [0.1, 0.15) is 53.9 Å². The van der Waals surface area contributed by atoms with Crippen molar-refractivity contribution in [1.29, 1.82) is 0 Å². The minimum Gasteiger partial charge on any atom is -0.344 e. The zero-order valence-electron chi connectivity index (χ0n) is 13.7. The minimum atomic E-state index is -0.508. The van der Waals surface area contributed by atoms with E-state index in [4.69, 9.17) is 9.47 Å². The molecule has 0 aromatic carbocycles. The van der Waals surface area contributed by atoms with Gasteiger partial charge in [-0.25, -0.2) is 0 Å². The monoisotopic (exact) mass is 278 g/mol. The summed E-state index contributed by atoms with van der Waals surface area (Å²) in [4.78, 5) is 0. The number of rotatable bonds is 4. The molecular weight excluding hydrogens is 248 g/mol. The fraction of sp³-hybridized carbons (Fsp3) is 0.778. The first-order valence-electron chi connectivity index (χ1n) is 7.84. The van der Waals surface area contributed by atoms with Gasteiger partial charge in [0.15, 0.2) is 5.79 Å². The van der Waals surface area contributed by atoms with Gasteiger partial charge in [-0.05, 0) is 64.7 Å². The van der Waals surface area contributed by atoms with Gasteiger partial charge >= 0.3 is 0 Å². The summed E-state index contributed by atoms with van der Waals surface area (Å²) in [5.74, 6) is 1.19. The first kappa shape index (κ1) is 15.8. The van der Waals surface area contributed by atoms with Crippen LogP contribution in [0.25, 0.3) is 0 Å². The van der Waals surface area contributed by atoms with Gasteiger partial charge in [0.25, 0.3) is 0 Å². The molecule has 2 fully saturated rings. The first-order valence-corrected chi connectivity index (χ1v) is 7.84. The third kappa shape index (κ3) is 2.73. The van der Waals surface area contributed by atoms with Crippen molar-refractivity contribution in [2.45, 2.75) is 71.4 Å². The summed E-state index contributed by atoms with van der Waals surface area (Å²) in [6.07, 6.45) is 5.53. The van der Waals surface area contributed by atoms with E-state index in [9.17, 15) is 0 Å². The molecule has 0 bridgehead atoms. The molecule has 3 unspecified atom stereocenters. The van der Waals surface area contributed by atoms with E-state index in [2.05, 4.69) is 40.0 Å². The molecule has 0 amide bonds. The summed E-state index contributed by atoms with van der Waals surface area (Å²) >= 11 is 0. The third-order valence-electron chi connectivity index (χ3n) is 5.13. The number of allylic oxidation sites excluding steroid dienone is 1. The van der Waals surface area contributed by atoms with Crippen LogP contribution in [0.4, 0.5) is 0 Å². The summed E-state index contributed by atoms with van der Waals surface area (Å²) in [5.41, 5.74) is 0.912. The van der Waals surface area contributed by atoms with E-state index >= 15 is 0 Å². The van der Waals surface area contributed by atoms with Crippen LogP contribution in [-0.2, 0) is 9.47 Å². The first-order chi connectivity index (χ1) is 9.19. The van der Waals surface area contributed by atoms with Crippen molar-refractivity contribution < 1.29 is 9.47 Å². The molecule has 114 valence electrons. The Morgan fingerprint density at radius 3 is 2.50 bits per heavy atom. The van der Waals surface area contributed by atoms with Crippen molar-refractivity contribution in [3.63, 3.8) is 0 Å². The summed E-state index contributed by atoms with van der Waals surface area (Å²) in [5, 5.41) is 0. The lowest BCUT2D eigenvalue weighted by Crippen LogP contribution is -2.46. The maximum atomic E-state index is 6.40. The Hall–Kier alpha value is -0.600. The molecular formula is C18H30O2. The summed E-state index contributed by atoms with van der Waals surface area (Å²) in [7, 11) is 0. The van der Waals surface area contributed by atoms with Crippen molar-refractivity contribution in [3.8, 4) is 0 Å². The van der Waals surface area contributed by atoms with Crippen LogP contribution in [0, 0.1) is 17.8 Å². The Balaban J connectivity index is 2.29. The number of ether oxygens (including phenoxy) is 2. The van der Waals surface area contributed by atoms with Crippen LogP contribution >= 0.6 is 0 Å². The lowest BCUT2D eigenvalue weighted by atomic mass is 9.75. The van der Waals surface area contributed by atoms with E-state index in [0.717, 1.165) is 12.0 Å². The van der Waals surface area contributed by atoms with Crippen molar-refractivity contribution in [2.24, 2.45) is 17.8 Å². The van der Waals surface area contributed by atoms with Crippen LogP contribution in [0.15, 0.2) is 24.8 Å². The third-order valence-corrected chi connectivity index (χ3v) is 5.13. The highest BCUT2D eigenvalue weighted by atomic mass is 16.8. The Labute approximate surface area is 124 Å². The molecule has 20 heavy (non-hydrogen) atoms. The lowest BCUT2D eigenvalue weighted by molar-refractivity contribution is -0.171. The normalized spacial score (nSPS) is 43.6. The van der Waals surface area contributed by atoms with Crippen molar-refractivity contribution in [2.75, 3.05) is 0 Å². The predicted octanol–water partition coefficient (Wildman–Crippen LogP) is 4.71. The predicted molar refractivity (Wildman–Crippen MR) is 83.4 cm³/mol. The molecule has 2 nitrogen and oxygen atoms in total.